The van der Waals surface area contributed by atoms with Gasteiger partial charge in [0.05, 0.1) is 6.26 Å². The van der Waals surface area contributed by atoms with Crippen molar-refractivity contribution in [1.82, 2.24) is 9.97 Å². The van der Waals surface area contributed by atoms with Crippen LogP contribution in [0.1, 0.15) is 0 Å². The van der Waals surface area contributed by atoms with Gasteiger partial charge in [-0.1, -0.05) is 29.8 Å². The maximum atomic E-state index is 6.34. The molecule has 0 spiro atoms. The van der Waals surface area contributed by atoms with Crippen molar-refractivity contribution in [2.45, 2.75) is 0 Å². The average molecular weight is 330 g/mol. The van der Waals surface area contributed by atoms with Crippen LogP contribution in [0.15, 0.2) is 53.1 Å². The van der Waals surface area contributed by atoms with Crippen molar-refractivity contribution < 1.29 is 4.42 Å². The minimum Gasteiger partial charge on any atom is -0.463 e. The lowest BCUT2D eigenvalue weighted by molar-refractivity contribution is 0.580. The zero-order valence-electron chi connectivity index (χ0n) is 12.3. The van der Waals surface area contributed by atoms with E-state index >= 15 is 0 Å². The second-order valence-electron chi connectivity index (χ2n) is 4.79. The van der Waals surface area contributed by atoms with Crippen molar-refractivity contribution >= 4 is 29.1 Å². The van der Waals surface area contributed by atoms with Gasteiger partial charge in [-0.2, -0.15) is 4.98 Å². The van der Waals surface area contributed by atoms with Gasteiger partial charge in [-0.3, -0.25) is 0 Å². The SMILES string of the molecule is Nc1nc(NCCNc2ccccc2)c(Cl)c(-c2ccco2)n1. The summed E-state index contributed by atoms with van der Waals surface area (Å²) in [6.45, 7) is 1.34. The third-order valence-corrected chi connectivity index (χ3v) is 3.50. The standard InChI is InChI=1S/C16H16ClN5O/c17-13-14(12-7-4-10-23-12)21-16(18)22-15(13)20-9-8-19-11-5-2-1-3-6-11/h1-7,10,19H,8-9H2,(H3,18,20,21,22). The average Bonchev–Trinajstić information content (AvgIpc) is 3.09. The highest BCUT2D eigenvalue weighted by atomic mass is 35.5. The van der Waals surface area contributed by atoms with E-state index in [-0.39, 0.29) is 5.95 Å². The molecule has 0 amide bonds. The van der Waals surface area contributed by atoms with Crippen LogP contribution >= 0.6 is 11.6 Å². The maximum Gasteiger partial charge on any atom is 0.222 e. The van der Waals surface area contributed by atoms with Crippen molar-refractivity contribution in [3.8, 4) is 11.5 Å². The lowest BCUT2D eigenvalue weighted by Crippen LogP contribution is -2.15. The zero-order chi connectivity index (χ0) is 16.1. The van der Waals surface area contributed by atoms with Crippen LogP contribution in [0.5, 0.6) is 0 Å². The normalized spacial score (nSPS) is 10.5. The van der Waals surface area contributed by atoms with Gasteiger partial charge in [0, 0.05) is 18.8 Å². The third-order valence-electron chi connectivity index (χ3n) is 3.14. The van der Waals surface area contributed by atoms with E-state index in [2.05, 4.69) is 20.6 Å². The molecule has 118 valence electrons. The molecule has 0 radical (unpaired) electrons. The number of anilines is 3. The molecule has 1 aromatic carbocycles. The number of nitrogens with two attached hydrogens (primary N) is 1. The van der Waals surface area contributed by atoms with E-state index in [0.29, 0.717) is 35.4 Å². The molecule has 3 rings (SSSR count). The van der Waals surface area contributed by atoms with Gasteiger partial charge in [-0.15, -0.1) is 0 Å². The van der Waals surface area contributed by atoms with Gasteiger partial charge in [-0.05, 0) is 24.3 Å². The van der Waals surface area contributed by atoms with Crippen LogP contribution in [0.2, 0.25) is 5.02 Å². The Morgan fingerprint density at radius 3 is 2.52 bits per heavy atom. The van der Waals surface area contributed by atoms with Gasteiger partial charge in [0.15, 0.2) is 11.6 Å². The highest BCUT2D eigenvalue weighted by Crippen LogP contribution is 2.31. The maximum absolute atomic E-state index is 6.34. The summed E-state index contributed by atoms with van der Waals surface area (Å²) in [7, 11) is 0. The van der Waals surface area contributed by atoms with E-state index in [1.807, 2.05) is 30.3 Å². The first-order valence-electron chi connectivity index (χ1n) is 7.14. The number of nitrogens with one attached hydrogen (secondary N) is 2. The lowest BCUT2D eigenvalue weighted by Gasteiger charge is -2.11. The Morgan fingerprint density at radius 2 is 1.78 bits per heavy atom. The van der Waals surface area contributed by atoms with Gasteiger partial charge in [0.2, 0.25) is 5.95 Å². The predicted molar refractivity (Wildman–Crippen MR) is 92.6 cm³/mol. The second kappa shape index (κ2) is 7.02. The third kappa shape index (κ3) is 3.73. The van der Waals surface area contributed by atoms with Crippen LogP contribution in [0.4, 0.5) is 17.5 Å². The van der Waals surface area contributed by atoms with E-state index in [1.54, 1.807) is 18.4 Å². The molecule has 2 heterocycles. The van der Waals surface area contributed by atoms with E-state index in [9.17, 15) is 0 Å². The van der Waals surface area contributed by atoms with Gasteiger partial charge >= 0.3 is 0 Å². The van der Waals surface area contributed by atoms with Crippen LogP contribution < -0.4 is 16.4 Å². The fourth-order valence-corrected chi connectivity index (χ4v) is 2.35. The Labute approximate surface area is 138 Å². The molecular formula is C16H16ClN5O. The quantitative estimate of drug-likeness (QED) is 0.600. The van der Waals surface area contributed by atoms with E-state index in [4.69, 9.17) is 21.8 Å². The summed E-state index contributed by atoms with van der Waals surface area (Å²) in [5.74, 6) is 1.18. The lowest BCUT2D eigenvalue weighted by atomic mass is 10.3. The Hall–Kier alpha value is -2.73. The summed E-state index contributed by atoms with van der Waals surface area (Å²) in [6, 6.07) is 13.5. The van der Waals surface area contributed by atoms with Crippen LogP contribution in [-0.4, -0.2) is 23.1 Å². The van der Waals surface area contributed by atoms with E-state index in [1.165, 1.54) is 0 Å². The summed E-state index contributed by atoms with van der Waals surface area (Å²) in [6.07, 6.45) is 1.56. The molecule has 0 aliphatic carbocycles. The van der Waals surface area contributed by atoms with E-state index in [0.717, 1.165) is 5.69 Å². The summed E-state index contributed by atoms with van der Waals surface area (Å²) in [5, 5.41) is 6.83. The highest BCUT2D eigenvalue weighted by Gasteiger charge is 2.15. The number of para-hydroxylation sites is 1. The summed E-state index contributed by atoms with van der Waals surface area (Å²) in [5.41, 5.74) is 7.28. The zero-order valence-corrected chi connectivity index (χ0v) is 13.0. The fraction of sp³-hybridized carbons (Fsp3) is 0.125. The molecule has 23 heavy (non-hydrogen) atoms. The van der Waals surface area contributed by atoms with Crippen LogP contribution in [0, 0.1) is 0 Å². The molecule has 0 unspecified atom stereocenters. The fourth-order valence-electron chi connectivity index (χ4n) is 2.10. The molecule has 0 fully saturated rings. The number of nitrogen functional groups attached to an aromatic ring is 1. The number of benzene rings is 1. The Balaban J connectivity index is 1.66. The van der Waals surface area contributed by atoms with E-state index < -0.39 is 0 Å². The molecule has 0 saturated heterocycles. The number of rotatable bonds is 6. The number of furan rings is 1. The molecular weight excluding hydrogens is 314 g/mol. The number of aromatic nitrogens is 2. The second-order valence-corrected chi connectivity index (χ2v) is 5.17. The van der Waals surface area contributed by atoms with Crippen LogP contribution in [-0.2, 0) is 0 Å². The molecule has 0 aliphatic rings. The van der Waals surface area contributed by atoms with Gasteiger partial charge in [0.1, 0.15) is 10.7 Å². The molecule has 2 aromatic heterocycles. The molecule has 3 aromatic rings. The first kappa shape index (κ1) is 15.2. The molecule has 0 aliphatic heterocycles. The Kier molecular flexibility index (Phi) is 4.63. The molecule has 0 bridgehead atoms. The minimum absolute atomic E-state index is 0.138. The molecule has 6 nitrogen and oxygen atoms in total. The topological polar surface area (TPSA) is 89.0 Å². The van der Waals surface area contributed by atoms with Gasteiger partial charge in [-0.25, -0.2) is 4.98 Å². The highest BCUT2D eigenvalue weighted by molar-refractivity contribution is 6.35. The monoisotopic (exact) mass is 329 g/mol. The predicted octanol–water partition coefficient (Wildman–Crippen LogP) is 3.50. The molecule has 0 atom stereocenters. The Morgan fingerprint density at radius 1 is 1.00 bits per heavy atom. The smallest absolute Gasteiger partial charge is 0.222 e. The molecule has 7 heteroatoms. The van der Waals surface area contributed by atoms with Crippen molar-refractivity contribution in [2.75, 3.05) is 29.5 Å². The van der Waals surface area contributed by atoms with Crippen LogP contribution in [0.3, 0.4) is 0 Å². The summed E-state index contributed by atoms with van der Waals surface area (Å²) >= 11 is 6.34. The Bertz CT molecular complexity index is 762. The van der Waals surface area contributed by atoms with Crippen molar-refractivity contribution in [3.63, 3.8) is 0 Å². The summed E-state index contributed by atoms with van der Waals surface area (Å²) < 4.78 is 5.32. The number of hydrogen-bond donors (Lipinski definition) is 3. The minimum atomic E-state index is 0.138. The first-order valence-corrected chi connectivity index (χ1v) is 7.51. The van der Waals surface area contributed by atoms with Crippen LogP contribution in [0.25, 0.3) is 11.5 Å². The number of hydrogen-bond acceptors (Lipinski definition) is 6. The van der Waals surface area contributed by atoms with Gasteiger partial charge in [0.25, 0.3) is 0 Å². The van der Waals surface area contributed by atoms with Crippen molar-refractivity contribution in [2.24, 2.45) is 0 Å². The number of halogens is 1. The number of nitrogens with zero attached hydrogens (tertiary/aromatic N) is 2. The summed E-state index contributed by atoms with van der Waals surface area (Å²) in [4.78, 5) is 8.28. The first-order chi connectivity index (χ1) is 11.2. The molecule has 0 saturated carbocycles. The van der Waals surface area contributed by atoms with Gasteiger partial charge < -0.3 is 20.8 Å². The largest absolute Gasteiger partial charge is 0.463 e. The van der Waals surface area contributed by atoms with Crippen molar-refractivity contribution in [1.29, 1.82) is 0 Å². The van der Waals surface area contributed by atoms with Crippen molar-refractivity contribution in [3.05, 3.63) is 53.8 Å². The molecule has 4 N–H and O–H groups in total.